The average Bonchev–Trinajstić information content (AvgIpc) is 2.76. The van der Waals surface area contributed by atoms with E-state index in [1.165, 1.54) is 25.7 Å². The van der Waals surface area contributed by atoms with Gasteiger partial charge in [-0.05, 0) is 44.0 Å². The minimum absolute atomic E-state index is 0.0642. The number of hydrogen-bond acceptors (Lipinski definition) is 3. The Bertz CT molecular complexity index is 488. The maximum atomic E-state index is 12.0. The van der Waals surface area contributed by atoms with Gasteiger partial charge in [0.2, 0.25) is 5.91 Å². The van der Waals surface area contributed by atoms with Crippen LogP contribution in [0.5, 0.6) is 0 Å². The van der Waals surface area contributed by atoms with Crippen molar-refractivity contribution in [3.8, 4) is 0 Å². The predicted molar refractivity (Wildman–Crippen MR) is 89.2 cm³/mol. The van der Waals surface area contributed by atoms with Crippen LogP contribution in [0, 0.1) is 0 Å². The lowest BCUT2D eigenvalue weighted by Gasteiger charge is -2.16. The molecule has 0 heterocycles. The van der Waals surface area contributed by atoms with E-state index in [0.29, 0.717) is 24.6 Å². The molecule has 0 unspecified atom stereocenters. The smallest absolute Gasteiger partial charge is 0.221 e. The second-order valence-corrected chi connectivity index (χ2v) is 6.07. The Balaban J connectivity index is 1.68. The van der Waals surface area contributed by atoms with Crippen LogP contribution in [0.15, 0.2) is 24.3 Å². The van der Waals surface area contributed by atoms with E-state index in [-0.39, 0.29) is 11.7 Å². The van der Waals surface area contributed by atoms with Gasteiger partial charge in [0.1, 0.15) is 0 Å². The van der Waals surface area contributed by atoms with Crippen LogP contribution in [0.25, 0.3) is 0 Å². The molecule has 1 amide bonds. The van der Waals surface area contributed by atoms with Crippen molar-refractivity contribution in [1.29, 1.82) is 0 Å². The summed E-state index contributed by atoms with van der Waals surface area (Å²) in [6, 6.07) is 7.72. The fraction of sp³-hybridized carbons (Fsp3) is 0.556. The van der Waals surface area contributed by atoms with Crippen molar-refractivity contribution in [1.82, 2.24) is 5.32 Å². The topological polar surface area (TPSA) is 58.2 Å². The summed E-state index contributed by atoms with van der Waals surface area (Å²) in [7, 11) is 0. The summed E-state index contributed by atoms with van der Waals surface area (Å²) in [5.41, 5.74) is 1.64. The van der Waals surface area contributed by atoms with Crippen LogP contribution in [-0.2, 0) is 4.79 Å². The molecule has 1 aliphatic rings. The predicted octanol–water partition coefficient (Wildman–Crippen LogP) is 3.53. The molecule has 1 fully saturated rings. The third-order valence-electron chi connectivity index (χ3n) is 4.19. The molecule has 1 aliphatic carbocycles. The fourth-order valence-corrected chi connectivity index (χ4v) is 2.87. The number of hydrogen-bond donors (Lipinski definition) is 2. The van der Waals surface area contributed by atoms with E-state index in [9.17, 15) is 9.59 Å². The first kappa shape index (κ1) is 16.5. The van der Waals surface area contributed by atoms with Gasteiger partial charge in [0, 0.05) is 30.3 Å². The maximum absolute atomic E-state index is 12.0. The number of amides is 1. The van der Waals surface area contributed by atoms with E-state index in [1.54, 1.807) is 19.1 Å². The Labute approximate surface area is 132 Å². The minimum Gasteiger partial charge on any atom is -0.385 e. The van der Waals surface area contributed by atoms with E-state index in [1.807, 2.05) is 12.1 Å². The highest BCUT2D eigenvalue weighted by Crippen LogP contribution is 2.17. The van der Waals surface area contributed by atoms with Crippen molar-refractivity contribution >= 4 is 17.4 Å². The van der Waals surface area contributed by atoms with Crippen LogP contribution >= 0.6 is 0 Å². The number of carbonyl (C=O) groups is 2. The average molecular weight is 302 g/mol. The normalized spacial score (nSPS) is 15.9. The molecule has 4 nitrogen and oxygen atoms in total. The van der Waals surface area contributed by atoms with E-state index >= 15 is 0 Å². The van der Waals surface area contributed by atoms with Gasteiger partial charge in [0.15, 0.2) is 5.78 Å². The molecule has 0 atom stereocenters. The second-order valence-electron chi connectivity index (χ2n) is 6.07. The molecule has 2 rings (SSSR count). The van der Waals surface area contributed by atoms with Gasteiger partial charge < -0.3 is 10.6 Å². The molecule has 0 bridgehead atoms. The van der Waals surface area contributed by atoms with Gasteiger partial charge in [-0.3, -0.25) is 9.59 Å². The molecule has 120 valence electrons. The number of rotatable bonds is 6. The van der Waals surface area contributed by atoms with Crippen LogP contribution < -0.4 is 10.6 Å². The lowest BCUT2D eigenvalue weighted by Crippen LogP contribution is -2.35. The zero-order valence-electron chi connectivity index (χ0n) is 13.4. The monoisotopic (exact) mass is 302 g/mol. The largest absolute Gasteiger partial charge is 0.385 e. The van der Waals surface area contributed by atoms with Crippen molar-refractivity contribution in [2.24, 2.45) is 0 Å². The highest BCUT2D eigenvalue weighted by atomic mass is 16.1. The van der Waals surface area contributed by atoms with Crippen LogP contribution in [-0.4, -0.2) is 24.3 Å². The SMILES string of the molecule is CC(=O)c1ccc(NCCC(=O)NC2CCCCCC2)cc1. The van der Waals surface area contributed by atoms with Gasteiger partial charge in [0.05, 0.1) is 0 Å². The Hall–Kier alpha value is -1.84. The van der Waals surface area contributed by atoms with Gasteiger partial charge in [0.25, 0.3) is 0 Å². The highest BCUT2D eigenvalue weighted by Gasteiger charge is 2.14. The molecule has 1 aromatic carbocycles. The van der Waals surface area contributed by atoms with Gasteiger partial charge >= 0.3 is 0 Å². The third-order valence-corrected chi connectivity index (χ3v) is 4.19. The zero-order chi connectivity index (χ0) is 15.8. The molecule has 0 aliphatic heterocycles. The summed E-state index contributed by atoms with van der Waals surface area (Å²) < 4.78 is 0. The van der Waals surface area contributed by atoms with Crippen molar-refractivity contribution < 1.29 is 9.59 Å². The first-order valence-electron chi connectivity index (χ1n) is 8.29. The number of benzene rings is 1. The minimum atomic E-state index is 0.0642. The highest BCUT2D eigenvalue weighted by molar-refractivity contribution is 5.94. The Kier molecular flexibility index (Phi) is 6.44. The number of ketones is 1. The van der Waals surface area contributed by atoms with Crippen molar-refractivity contribution in [2.75, 3.05) is 11.9 Å². The quantitative estimate of drug-likeness (QED) is 0.624. The molecular weight excluding hydrogens is 276 g/mol. The molecule has 0 aromatic heterocycles. The van der Waals surface area contributed by atoms with Crippen LogP contribution in [0.4, 0.5) is 5.69 Å². The zero-order valence-corrected chi connectivity index (χ0v) is 13.4. The second kappa shape index (κ2) is 8.57. The summed E-state index contributed by atoms with van der Waals surface area (Å²) in [6.07, 6.45) is 7.76. The summed E-state index contributed by atoms with van der Waals surface area (Å²) in [5, 5.41) is 6.36. The van der Waals surface area contributed by atoms with Crippen LogP contribution in [0.1, 0.15) is 62.2 Å². The number of Topliss-reactive ketones (excluding diaryl/α,β-unsaturated/α-hetero) is 1. The first-order chi connectivity index (χ1) is 10.6. The summed E-state index contributed by atoms with van der Waals surface area (Å²) in [6.45, 7) is 2.16. The Morgan fingerprint density at radius 1 is 1.05 bits per heavy atom. The molecule has 22 heavy (non-hydrogen) atoms. The number of nitrogens with one attached hydrogen (secondary N) is 2. The number of anilines is 1. The lowest BCUT2D eigenvalue weighted by atomic mass is 10.1. The molecule has 1 saturated carbocycles. The van der Waals surface area contributed by atoms with Gasteiger partial charge in [-0.25, -0.2) is 0 Å². The molecule has 0 saturated heterocycles. The lowest BCUT2D eigenvalue weighted by molar-refractivity contribution is -0.121. The Morgan fingerprint density at radius 2 is 1.68 bits per heavy atom. The molecule has 1 aromatic rings. The van der Waals surface area contributed by atoms with E-state index in [4.69, 9.17) is 0 Å². The van der Waals surface area contributed by atoms with Gasteiger partial charge in [-0.15, -0.1) is 0 Å². The van der Waals surface area contributed by atoms with E-state index < -0.39 is 0 Å². The number of carbonyl (C=O) groups excluding carboxylic acids is 2. The van der Waals surface area contributed by atoms with E-state index in [2.05, 4.69) is 10.6 Å². The third kappa shape index (κ3) is 5.51. The molecular formula is C18H26N2O2. The summed E-state index contributed by atoms with van der Waals surface area (Å²) in [5.74, 6) is 0.189. The molecule has 4 heteroatoms. The van der Waals surface area contributed by atoms with Crippen molar-refractivity contribution in [3.05, 3.63) is 29.8 Å². The standard InChI is InChI=1S/C18H26N2O2/c1-14(21)15-8-10-16(11-9-15)19-13-12-18(22)20-17-6-4-2-3-5-7-17/h8-11,17,19H,2-7,12-13H2,1H3,(H,20,22). The van der Waals surface area contributed by atoms with Gasteiger partial charge in [-0.1, -0.05) is 25.7 Å². The molecule has 0 spiro atoms. The first-order valence-corrected chi connectivity index (χ1v) is 8.29. The van der Waals surface area contributed by atoms with Gasteiger partial charge in [-0.2, -0.15) is 0 Å². The van der Waals surface area contributed by atoms with Crippen LogP contribution in [0.3, 0.4) is 0 Å². The molecule has 2 N–H and O–H groups in total. The fourth-order valence-electron chi connectivity index (χ4n) is 2.87. The summed E-state index contributed by atoms with van der Waals surface area (Å²) in [4.78, 5) is 23.2. The Morgan fingerprint density at radius 3 is 2.27 bits per heavy atom. The maximum Gasteiger partial charge on any atom is 0.221 e. The summed E-state index contributed by atoms with van der Waals surface area (Å²) >= 11 is 0. The van der Waals surface area contributed by atoms with Crippen molar-refractivity contribution in [2.45, 2.75) is 57.9 Å². The van der Waals surface area contributed by atoms with E-state index in [0.717, 1.165) is 18.5 Å². The molecule has 0 radical (unpaired) electrons. The van der Waals surface area contributed by atoms with Crippen LogP contribution in [0.2, 0.25) is 0 Å². The van der Waals surface area contributed by atoms with Crippen molar-refractivity contribution in [3.63, 3.8) is 0 Å².